The van der Waals surface area contributed by atoms with Gasteiger partial charge in [0.1, 0.15) is 0 Å². The second kappa shape index (κ2) is 7.01. The molecule has 160 valence electrons. The number of carbonyl (C=O) groups excluding carboxylic acids is 2. The Morgan fingerprint density at radius 3 is 2.29 bits per heavy atom. The summed E-state index contributed by atoms with van der Waals surface area (Å²) in [7, 11) is 0. The fourth-order valence-electron chi connectivity index (χ4n) is 4.70. The standard InChI is InChI=1S/C21H16Cl4N4O2/c1-8(2)16-15-18(30)29(12-4-9(22)3-10(23)5-12)19(31)21(15)13-6-11(24)7-14(25)17(13)27-20(26-16)28-21/h3-8,15-16H,1-2H3,(H2,26,27,28). The van der Waals surface area contributed by atoms with E-state index in [-0.39, 0.29) is 11.8 Å². The third-order valence-electron chi connectivity index (χ3n) is 5.94. The van der Waals surface area contributed by atoms with Crippen molar-refractivity contribution >= 4 is 75.6 Å². The van der Waals surface area contributed by atoms with Gasteiger partial charge in [-0.3, -0.25) is 9.59 Å². The van der Waals surface area contributed by atoms with E-state index in [1.54, 1.807) is 18.2 Å². The number of anilines is 2. The molecular weight excluding hydrogens is 482 g/mol. The molecule has 2 amide bonds. The molecule has 1 spiro atoms. The fourth-order valence-corrected chi connectivity index (χ4v) is 5.76. The normalized spacial score (nSPS) is 26.3. The van der Waals surface area contributed by atoms with Crippen molar-refractivity contribution in [2.75, 3.05) is 10.2 Å². The first-order valence-corrected chi connectivity index (χ1v) is 11.1. The molecule has 2 bridgehead atoms. The van der Waals surface area contributed by atoms with Crippen molar-refractivity contribution in [3.8, 4) is 0 Å². The van der Waals surface area contributed by atoms with E-state index >= 15 is 0 Å². The Morgan fingerprint density at radius 1 is 1.00 bits per heavy atom. The van der Waals surface area contributed by atoms with Crippen LogP contribution in [0.3, 0.4) is 0 Å². The van der Waals surface area contributed by atoms with Gasteiger partial charge in [0.25, 0.3) is 5.91 Å². The summed E-state index contributed by atoms with van der Waals surface area (Å²) in [5.41, 5.74) is -0.0981. The molecule has 10 heteroatoms. The van der Waals surface area contributed by atoms with E-state index in [1.165, 1.54) is 12.1 Å². The van der Waals surface area contributed by atoms with Gasteiger partial charge in [0.2, 0.25) is 5.91 Å². The molecule has 3 aliphatic heterocycles. The van der Waals surface area contributed by atoms with Crippen molar-refractivity contribution in [1.29, 1.82) is 0 Å². The lowest BCUT2D eigenvalue weighted by molar-refractivity contribution is -0.124. The van der Waals surface area contributed by atoms with E-state index in [4.69, 9.17) is 51.4 Å². The highest BCUT2D eigenvalue weighted by molar-refractivity contribution is 6.39. The maximum atomic E-state index is 14.0. The van der Waals surface area contributed by atoms with Gasteiger partial charge in [-0.2, -0.15) is 0 Å². The average molecular weight is 498 g/mol. The summed E-state index contributed by atoms with van der Waals surface area (Å²) < 4.78 is 0. The highest BCUT2D eigenvalue weighted by Crippen LogP contribution is 2.52. The molecule has 2 N–H and O–H groups in total. The van der Waals surface area contributed by atoms with Crippen molar-refractivity contribution in [3.05, 3.63) is 56.0 Å². The Balaban J connectivity index is 1.79. The SMILES string of the molecule is CC(C)C1N=C2Nc3c(Cl)cc(Cl)cc3C3(N2)C(=O)N(c2cc(Cl)cc(Cl)c2)C(=O)C13. The van der Waals surface area contributed by atoms with Crippen LogP contribution < -0.4 is 15.5 Å². The lowest BCUT2D eigenvalue weighted by Crippen LogP contribution is -2.65. The van der Waals surface area contributed by atoms with Gasteiger partial charge >= 0.3 is 0 Å². The Hall–Kier alpha value is -1.99. The highest BCUT2D eigenvalue weighted by Gasteiger charge is 2.67. The maximum absolute atomic E-state index is 14.0. The zero-order valence-corrected chi connectivity index (χ0v) is 19.4. The number of halogens is 4. The molecule has 2 aromatic carbocycles. The number of nitrogens with zero attached hydrogens (tertiary/aromatic N) is 2. The number of hydrogen-bond donors (Lipinski definition) is 2. The molecule has 3 unspecified atom stereocenters. The highest BCUT2D eigenvalue weighted by atomic mass is 35.5. The van der Waals surface area contributed by atoms with Crippen LogP contribution in [0.25, 0.3) is 0 Å². The van der Waals surface area contributed by atoms with Crippen LogP contribution in [0.15, 0.2) is 35.3 Å². The molecule has 31 heavy (non-hydrogen) atoms. The van der Waals surface area contributed by atoms with Crippen LogP contribution in [0.5, 0.6) is 0 Å². The van der Waals surface area contributed by atoms with Crippen molar-refractivity contribution in [2.45, 2.75) is 25.4 Å². The Morgan fingerprint density at radius 2 is 1.65 bits per heavy atom. The van der Waals surface area contributed by atoms with Gasteiger partial charge in [-0.15, -0.1) is 0 Å². The molecule has 0 aliphatic carbocycles. The van der Waals surface area contributed by atoms with Crippen molar-refractivity contribution in [2.24, 2.45) is 16.8 Å². The van der Waals surface area contributed by atoms with Gasteiger partial charge in [-0.1, -0.05) is 60.3 Å². The predicted octanol–water partition coefficient (Wildman–Crippen LogP) is 5.09. The van der Waals surface area contributed by atoms with E-state index < -0.39 is 23.4 Å². The number of amides is 2. The summed E-state index contributed by atoms with van der Waals surface area (Å²) in [6.45, 7) is 3.93. The summed E-state index contributed by atoms with van der Waals surface area (Å²) in [6, 6.07) is 7.41. The van der Waals surface area contributed by atoms with Gasteiger partial charge < -0.3 is 10.6 Å². The topological polar surface area (TPSA) is 73.8 Å². The number of aliphatic imine (C=N–C) groups is 1. The Labute approximate surface area is 198 Å². The van der Waals surface area contributed by atoms with Gasteiger partial charge in [-0.25, -0.2) is 9.89 Å². The van der Waals surface area contributed by atoms with Gasteiger partial charge in [-0.05, 0) is 36.2 Å². The van der Waals surface area contributed by atoms with E-state index in [0.29, 0.717) is 43.0 Å². The lowest BCUT2D eigenvalue weighted by Gasteiger charge is -2.46. The number of rotatable bonds is 2. The summed E-state index contributed by atoms with van der Waals surface area (Å²) in [6.07, 6.45) is 0. The minimum atomic E-state index is -1.41. The summed E-state index contributed by atoms with van der Waals surface area (Å²) in [5, 5.41) is 7.65. The monoisotopic (exact) mass is 496 g/mol. The molecule has 3 atom stereocenters. The first-order chi connectivity index (χ1) is 14.6. The number of fused-ring (bicyclic) bond motifs is 2. The third kappa shape index (κ3) is 2.89. The molecule has 1 saturated heterocycles. The van der Waals surface area contributed by atoms with E-state index in [9.17, 15) is 9.59 Å². The minimum Gasteiger partial charge on any atom is -0.337 e. The number of imide groups is 1. The largest absolute Gasteiger partial charge is 0.337 e. The van der Waals surface area contributed by atoms with Gasteiger partial charge in [0.15, 0.2) is 11.5 Å². The van der Waals surface area contributed by atoms with Crippen LogP contribution >= 0.6 is 46.4 Å². The van der Waals surface area contributed by atoms with Crippen molar-refractivity contribution in [1.82, 2.24) is 5.32 Å². The molecule has 0 radical (unpaired) electrons. The van der Waals surface area contributed by atoms with E-state index in [0.717, 1.165) is 4.90 Å². The molecule has 6 nitrogen and oxygen atoms in total. The van der Waals surface area contributed by atoms with Crippen LogP contribution in [0, 0.1) is 11.8 Å². The number of guanidine groups is 1. The zero-order chi connectivity index (χ0) is 22.2. The number of benzene rings is 2. The van der Waals surface area contributed by atoms with E-state index in [1.807, 2.05) is 13.8 Å². The molecule has 0 aromatic heterocycles. The number of carbonyl (C=O) groups is 2. The van der Waals surface area contributed by atoms with Gasteiger partial charge in [0.05, 0.1) is 28.4 Å². The maximum Gasteiger partial charge on any atom is 0.265 e. The van der Waals surface area contributed by atoms with Gasteiger partial charge in [0, 0.05) is 20.6 Å². The molecular formula is C21H16Cl4N4O2. The lowest BCUT2D eigenvalue weighted by atomic mass is 9.71. The number of hydrogen-bond acceptors (Lipinski definition) is 5. The second-order valence-electron chi connectivity index (χ2n) is 8.16. The first kappa shape index (κ1) is 20.9. The molecule has 3 aliphatic rings. The Bertz CT molecular complexity index is 1180. The molecule has 3 heterocycles. The summed E-state index contributed by atoms with van der Waals surface area (Å²) >= 11 is 25.1. The molecule has 0 saturated carbocycles. The Kier molecular flexibility index (Phi) is 4.72. The van der Waals surface area contributed by atoms with Crippen molar-refractivity contribution in [3.63, 3.8) is 0 Å². The number of nitrogens with one attached hydrogen (secondary N) is 2. The zero-order valence-electron chi connectivity index (χ0n) is 16.3. The van der Waals surface area contributed by atoms with Crippen LogP contribution in [0.1, 0.15) is 19.4 Å². The fraction of sp³-hybridized carbons (Fsp3) is 0.286. The second-order valence-corrected chi connectivity index (χ2v) is 9.88. The van der Waals surface area contributed by atoms with Crippen LogP contribution in [-0.4, -0.2) is 23.8 Å². The molecule has 2 aromatic rings. The van der Waals surface area contributed by atoms with Crippen LogP contribution in [0.2, 0.25) is 20.1 Å². The third-order valence-corrected chi connectivity index (χ3v) is 6.89. The molecule has 1 fully saturated rings. The summed E-state index contributed by atoms with van der Waals surface area (Å²) in [4.78, 5) is 33.7. The van der Waals surface area contributed by atoms with Crippen molar-refractivity contribution < 1.29 is 9.59 Å². The summed E-state index contributed by atoms with van der Waals surface area (Å²) in [5.74, 6) is -1.28. The minimum absolute atomic E-state index is 0.0147. The predicted molar refractivity (Wildman–Crippen MR) is 123 cm³/mol. The first-order valence-electron chi connectivity index (χ1n) is 9.60. The molecule has 5 rings (SSSR count). The van der Waals surface area contributed by atoms with Crippen LogP contribution in [-0.2, 0) is 15.1 Å². The van der Waals surface area contributed by atoms with Crippen LogP contribution in [0.4, 0.5) is 11.4 Å². The quantitative estimate of drug-likeness (QED) is 0.566. The van der Waals surface area contributed by atoms with E-state index in [2.05, 4.69) is 10.6 Å². The average Bonchev–Trinajstić information content (AvgIpc) is 2.88. The smallest absolute Gasteiger partial charge is 0.265 e.